The molecule has 0 aromatic rings. The predicted octanol–water partition coefficient (Wildman–Crippen LogP) is 1.17. The summed E-state index contributed by atoms with van der Waals surface area (Å²) in [5.74, 6) is 0. The van der Waals surface area contributed by atoms with Crippen LogP contribution >= 0.6 is 0 Å². The van der Waals surface area contributed by atoms with E-state index < -0.39 is 22.7 Å². The van der Waals surface area contributed by atoms with E-state index >= 15 is 0 Å². The van der Waals surface area contributed by atoms with Gasteiger partial charge in [-0.25, -0.2) is 8.42 Å². The molecule has 0 amide bonds. The average molecular weight is 191 g/mol. The molecule has 0 saturated heterocycles. The van der Waals surface area contributed by atoms with E-state index in [2.05, 4.69) is 0 Å². The summed E-state index contributed by atoms with van der Waals surface area (Å²) in [6.07, 6.45) is 0. The summed E-state index contributed by atoms with van der Waals surface area (Å²) in [7, 11) is -7.13. The average Bonchev–Trinajstić information content (AvgIpc) is 1.62. The molecular weight excluding hydrogens is 185 g/mol. The molecule has 0 aliphatic heterocycles. The molecule has 0 rings (SSSR count). The van der Waals surface area contributed by atoms with Crippen LogP contribution in [0.15, 0.2) is 0 Å². The third-order valence-corrected chi connectivity index (χ3v) is 6.45. The van der Waals surface area contributed by atoms with Crippen molar-refractivity contribution < 1.29 is 21.6 Å². The Kier molecular flexibility index (Phi) is 2.52. The first kappa shape index (κ1) is 9.96. The van der Waals surface area contributed by atoms with Crippen LogP contribution in [0.4, 0.5) is 13.2 Å². The van der Waals surface area contributed by atoms with Crippen molar-refractivity contribution in [2.24, 2.45) is 0 Å². The maximum atomic E-state index is 11.5. The molecule has 7 heteroatoms. The van der Waals surface area contributed by atoms with Crippen LogP contribution in [0.3, 0.4) is 0 Å². The summed E-state index contributed by atoms with van der Waals surface area (Å²) in [6.45, 7) is 2.18. The van der Waals surface area contributed by atoms with E-state index in [0.717, 1.165) is 13.1 Å². The molecule has 1 radical (unpaired) electrons. The van der Waals surface area contributed by atoms with E-state index in [0.29, 0.717) is 0 Å². The Morgan fingerprint density at radius 1 is 1.20 bits per heavy atom. The highest BCUT2D eigenvalue weighted by molar-refractivity contribution is 8.18. The van der Waals surface area contributed by atoms with E-state index in [1.807, 2.05) is 0 Å². The minimum absolute atomic E-state index is 1.09. The van der Waals surface area contributed by atoms with Gasteiger partial charge in [0, 0.05) is 0 Å². The van der Waals surface area contributed by atoms with Crippen LogP contribution in [0, 0.1) is 0 Å². The topological polar surface area (TPSA) is 34.1 Å². The fourth-order valence-corrected chi connectivity index (χ4v) is 2.08. The molecule has 0 bridgehead atoms. The Morgan fingerprint density at radius 3 is 1.50 bits per heavy atom. The SMILES string of the molecule is C[Si](C)S(=O)(=O)C(F)(F)F. The van der Waals surface area contributed by atoms with Crippen LogP contribution in [0.1, 0.15) is 0 Å². The first-order valence-electron chi connectivity index (χ1n) is 2.31. The molecule has 61 valence electrons. The van der Waals surface area contributed by atoms with Crippen molar-refractivity contribution in [1.29, 1.82) is 0 Å². The summed E-state index contributed by atoms with van der Waals surface area (Å²) in [6, 6.07) is 0. The Bertz CT molecular complexity index is 204. The highest BCUT2D eigenvalue weighted by Gasteiger charge is 2.47. The normalized spacial score (nSPS) is 14.2. The van der Waals surface area contributed by atoms with E-state index in [1.165, 1.54) is 0 Å². The molecule has 2 nitrogen and oxygen atoms in total. The largest absolute Gasteiger partial charge is 0.490 e. The zero-order chi connectivity index (χ0) is 8.58. The Morgan fingerprint density at radius 2 is 1.50 bits per heavy atom. The maximum absolute atomic E-state index is 11.5. The Labute approximate surface area is 58.2 Å². The van der Waals surface area contributed by atoms with Crippen LogP contribution in [-0.4, -0.2) is 21.9 Å². The molecule has 0 N–H and O–H groups in total. The van der Waals surface area contributed by atoms with Gasteiger partial charge in [-0.15, -0.1) is 0 Å². The van der Waals surface area contributed by atoms with E-state index in [4.69, 9.17) is 0 Å². The highest BCUT2D eigenvalue weighted by Crippen LogP contribution is 2.25. The quantitative estimate of drug-likeness (QED) is 0.583. The van der Waals surface area contributed by atoms with Crippen molar-refractivity contribution >= 4 is 17.2 Å². The molecule has 0 aromatic heterocycles. The lowest BCUT2D eigenvalue weighted by Gasteiger charge is -2.08. The minimum Gasteiger partial charge on any atom is -0.227 e. The first-order chi connectivity index (χ1) is 4.19. The molecule has 0 saturated carbocycles. The first-order valence-corrected chi connectivity index (χ1v) is 7.02. The fourth-order valence-electron chi connectivity index (χ4n) is 0.231. The van der Waals surface area contributed by atoms with Crippen molar-refractivity contribution in [2.45, 2.75) is 18.6 Å². The van der Waals surface area contributed by atoms with Crippen molar-refractivity contribution in [1.82, 2.24) is 0 Å². The standard InChI is InChI=1S/C3H6F3O2SSi/c1-10(2)9(7,8)3(4,5)6/h1-2H3. The van der Waals surface area contributed by atoms with Crippen LogP contribution in [0.2, 0.25) is 13.1 Å². The van der Waals surface area contributed by atoms with Crippen LogP contribution in [0.25, 0.3) is 0 Å². The van der Waals surface area contributed by atoms with E-state index in [-0.39, 0.29) is 0 Å². The molecule has 10 heavy (non-hydrogen) atoms. The summed E-state index contributed by atoms with van der Waals surface area (Å²) in [5, 5.41) is 0. The van der Waals surface area contributed by atoms with Gasteiger partial charge in [0.2, 0.25) is 17.2 Å². The monoisotopic (exact) mass is 191 g/mol. The lowest BCUT2D eigenvalue weighted by atomic mass is 11.6. The van der Waals surface area contributed by atoms with Gasteiger partial charge in [-0.2, -0.15) is 13.2 Å². The van der Waals surface area contributed by atoms with E-state index in [9.17, 15) is 21.6 Å². The lowest BCUT2D eigenvalue weighted by molar-refractivity contribution is -0.0415. The fraction of sp³-hybridized carbons (Fsp3) is 1.00. The highest BCUT2D eigenvalue weighted by atomic mass is 32.4. The summed E-state index contributed by atoms with van der Waals surface area (Å²) in [5.41, 5.74) is -5.06. The second-order valence-corrected chi connectivity index (χ2v) is 9.21. The van der Waals surface area contributed by atoms with Crippen LogP contribution < -0.4 is 0 Å². The van der Waals surface area contributed by atoms with Gasteiger partial charge >= 0.3 is 5.51 Å². The van der Waals surface area contributed by atoms with Gasteiger partial charge in [-0.1, -0.05) is 13.1 Å². The molecule has 0 unspecified atom stereocenters. The molecule has 0 atom stereocenters. The lowest BCUT2D eigenvalue weighted by Crippen LogP contribution is -2.33. The molecule has 0 aliphatic carbocycles. The van der Waals surface area contributed by atoms with E-state index in [1.54, 1.807) is 0 Å². The van der Waals surface area contributed by atoms with Gasteiger partial charge in [0.25, 0.3) is 0 Å². The second-order valence-electron chi connectivity index (χ2n) is 1.86. The van der Waals surface area contributed by atoms with Crippen molar-refractivity contribution in [2.75, 3.05) is 0 Å². The van der Waals surface area contributed by atoms with Crippen LogP contribution in [-0.2, 0) is 9.29 Å². The molecule has 0 aliphatic rings. The smallest absolute Gasteiger partial charge is 0.227 e. The number of alkyl halides is 3. The van der Waals surface area contributed by atoms with Crippen molar-refractivity contribution in [3.63, 3.8) is 0 Å². The molecule has 0 heterocycles. The zero-order valence-corrected chi connectivity index (χ0v) is 7.18. The Balaban J connectivity index is 4.79. The predicted molar refractivity (Wildman–Crippen MR) is 32.5 cm³/mol. The zero-order valence-electron chi connectivity index (χ0n) is 5.36. The van der Waals surface area contributed by atoms with Gasteiger partial charge < -0.3 is 0 Å². The number of halogens is 3. The van der Waals surface area contributed by atoms with Gasteiger partial charge in [0.1, 0.15) is 0 Å². The second kappa shape index (κ2) is 2.53. The van der Waals surface area contributed by atoms with Crippen molar-refractivity contribution in [3.05, 3.63) is 0 Å². The molecule has 0 spiro atoms. The number of rotatable bonds is 1. The van der Waals surface area contributed by atoms with Crippen molar-refractivity contribution in [3.8, 4) is 0 Å². The summed E-state index contributed by atoms with van der Waals surface area (Å²) >= 11 is 0. The number of hydrogen-bond donors (Lipinski definition) is 0. The van der Waals surface area contributed by atoms with Gasteiger partial charge in [0.15, 0.2) is 0 Å². The summed E-state index contributed by atoms with van der Waals surface area (Å²) < 4.78 is 55.1. The minimum atomic E-state index is -5.06. The molecule has 0 aromatic carbocycles. The maximum Gasteiger partial charge on any atom is 0.490 e. The Hall–Kier alpha value is -0.0431. The molecular formula is C3H6F3O2SSi. The van der Waals surface area contributed by atoms with Gasteiger partial charge in [-0.05, 0) is 0 Å². The number of hydrogen-bond acceptors (Lipinski definition) is 2. The third-order valence-electron chi connectivity index (χ3n) is 0.842. The summed E-state index contributed by atoms with van der Waals surface area (Å²) in [4.78, 5) is 0. The molecule has 0 fully saturated rings. The van der Waals surface area contributed by atoms with Gasteiger partial charge in [-0.3, -0.25) is 0 Å². The van der Waals surface area contributed by atoms with Crippen LogP contribution in [0.5, 0.6) is 0 Å². The van der Waals surface area contributed by atoms with Gasteiger partial charge in [0.05, 0.1) is 0 Å². The third kappa shape index (κ3) is 1.72.